The fraction of sp³-hybridized carbons (Fsp3) is 0.700. The summed E-state index contributed by atoms with van der Waals surface area (Å²) in [5, 5.41) is 8.93. The minimum atomic E-state index is -0.889. The monoisotopic (exact) mass is 209 g/mol. The fourth-order valence-corrected chi connectivity index (χ4v) is 1.42. The maximum Gasteiger partial charge on any atom is 0.331 e. The third kappa shape index (κ3) is 2.27. The highest BCUT2D eigenvalue weighted by molar-refractivity contribution is 6.04. The van der Waals surface area contributed by atoms with Gasteiger partial charge in [0.2, 0.25) is 5.92 Å². The van der Waals surface area contributed by atoms with Crippen LogP contribution < -0.4 is 0 Å². The number of likely N-dealkylation sites (N-methyl/N-ethyl adjacent to an activating group) is 1. The molecule has 5 nitrogen and oxygen atoms in total. The van der Waals surface area contributed by atoms with Crippen molar-refractivity contribution in [1.29, 1.82) is 5.26 Å². The van der Waals surface area contributed by atoms with E-state index in [4.69, 9.17) is 10.00 Å². The van der Waals surface area contributed by atoms with Crippen molar-refractivity contribution >= 4 is 11.8 Å². The van der Waals surface area contributed by atoms with Crippen LogP contribution in [0.1, 0.15) is 13.8 Å². The highest BCUT2D eigenvalue weighted by Crippen LogP contribution is 2.14. The third-order valence-electron chi connectivity index (χ3n) is 2.45. The summed E-state index contributed by atoms with van der Waals surface area (Å²) in [6.45, 7) is 4.62. The van der Waals surface area contributed by atoms with Crippen molar-refractivity contribution < 1.29 is 9.53 Å². The third-order valence-corrected chi connectivity index (χ3v) is 2.45. The zero-order chi connectivity index (χ0) is 11.4. The predicted molar refractivity (Wildman–Crippen MR) is 55.3 cm³/mol. The number of esters is 1. The Balaban J connectivity index is 2.77. The van der Waals surface area contributed by atoms with E-state index in [0.717, 1.165) is 0 Å². The van der Waals surface area contributed by atoms with Crippen LogP contribution in [0.15, 0.2) is 4.99 Å². The molecule has 0 aromatic rings. The van der Waals surface area contributed by atoms with Crippen LogP contribution in [0.3, 0.4) is 0 Å². The van der Waals surface area contributed by atoms with Crippen LogP contribution in [0.25, 0.3) is 0 Å². The zero-order valence-electron chi connectivity index (χ0n) is 9.23. The molecular weight excluding hydrogens is 194 g/mol. The van der Waals surface area contributed by atoms with Crippen LogP contribution >= 0.6 is 0 Å². The quantitative estimate of drug-likeness (QED) is 0.632. The van der Waals surface area contributed by atoms with E-state index in [2.05, 4.69) is 4.99 Å². The average molecular weight is 209 g/mol. The molecule has 0 N–H and O–H groups in total. The van der Waals surface area contributed by atoms with Gasteiger partial charge in [0.1, 0.15) is 5.84 Å². The summed E-state index contributed by atoms with van der Waals surface area (Å²) in [6.07, 6.45) is 0. The number of carbonyl (C=O) groups is 1. The summed E-state index contributed by atoms with van der Waals surface area (Å²) in [7, 11) is 1.83. The number of carbonyl (C=O) groups excluding carboxylic acids is 1. The van der Waals surface area contributed by atoms with E-state index < -0.39 is 11.9 Å². The summed E-state index contributed by atoms with van der Waals surface area (Å²) >= 11 is 0. The van der Waals surface area contributed by atoms with E-state index in [1.54, 1.807) is 6.92 Å². The number of rotatable bonds is 3. The van der Waals surface area contributed by atoms with Crippen molar-refractivity contribution in [2.45, 2.75) is 19.9 Å². The van der Waals surface area contributed by atoms with E-state index in [1.165, 1.54) is 0 Å². The van der Waals surface area contributed by atoms with Gasteiger partial charge in [-0.15, -0.1) is 0 Å². The van der Waals surface area contributed by atoms with Crippen LogP contribution in [0.2, 0.25) is 0 Å². The molecule has 1 aliphatic heterocycles. The van der Waals surface area contributed by atoms with Gasteiger partial charge >= 0.3 is 5.97 Å². The molecular formula is C10H15N3O2. The second kappa shape index (κ2) is 4.78. The largest absolute Gasteiger partial charge is 0.465 e. The Labute approximate surface area is 89.3 Å². The minimum Gasteiger partial charge on any atom is -0.465 e. The molecule has 0 saturated heterocycles. The van der Waals surface area contributed by atoms with Gasteiger partial charge in [0.15, 0.2) is 0 Å². The van der Waals surface area contributed by atoms with Gasteiger partial charge in [-0.05, 0) is 13.8 Å². The van der Waals surface area contributed by atoms with Gasteiger partial charge in [-0.2, -0.15) is 5.26 Å². The number of nitriles is 1. The van der Waals surface area contributed by atoms with Crippen LogP contribution in [0.4, 0.5) is 0 Å². The Morgan fingerprint density at radius 2 is 2.53 bits per heavy atom. The first-order valence-electron chi connectivity index (χ1n) is 4.95. The molecule has 0 aromatic heterocycles. The summed E-state index contributed by atoms with van der Waals surface area (Å²) in [5.74, 6) is -0.886. The Morgan fingerprint density at radius 3 is 2.93 bits per heavy atom. The molecule has 0 aromatic carbocycles. The van der Waals surface area contributed by atoms with Gasteiger partial charge < -0.3 is 9.64 Å². The lowest BCUT2D eigenvalue weighted by Crippen LogP contribution is -2.38. The number of amidine groups is 1. The van der Waals surface area contributed by atoms with E-state index in [1.807, 2.05) is 24.9 Å². The molecule has 0 bridgehead atoms. The SMILES string of the molecule is CCOC(=O)C(C#N)C1=NCC(C)N1C. The molecule has 15 heavy (non-hydrogen) atoms. The van der Waals surface area contributed by atoms with Gasteiger partial charge in [-0.3, -0.25) is 9.79 Å². The minimum absolute atomic E-state index is 0.241. The number of ether oxygens (including phenoxy) is 1. The Bertz CT molecular complexity index is 319. The van der Waals surface area contributed by atoms with Gasteiger partial charge in [0.05, 0.1) is 19.2 Å². The summed E-state index contributed by atoms with van der Waals surface area (Å²) in [4.78, 5) is 17.5. The van der Waals surface area contributed by atoms with E-state index in [9.17, 15) is 4.79 Å². The first-order chi connectivity index (χ1) is 7.11. The Hall–Kier alpha value is -1.57. The van der Waals surface area contributed by atoms with Crippen LogP contribution in [-0.4, -0.2) is 42.9 Å². The van der Waals surface area contributed by atoms with Gasteiger partial charge in [-0.1, -0.05) is 0 Å². The highest BCUT2D eigenvalue weighted by atomic mass is 16.5. The molecule has 0 aliphatic carbocycles. The standard InChI is InChI=1S/C10H15N3O2/c1-4-15-10(14)8(5-11)9-12-6-7(2)13(9)3/h7-8H,4,6H2,1-3H3. The van der Waals surface area contributed by atoms with E-state index in [-0.39, 0.29) is 12.6 Å². The van der Waals surface area contributed by atoms with Crippen molar-refractivity contribution in [3.63, 3.8) is 0 Å². The molecule has 82 valence electrons. The number of nitrogens with zero attached hydrogens (tertiary/aromatic N) is 3. The molecule has 0 spiro atoms. The molecule has 2 unspecified atom stereocenters. The number of hydrogen-bond donors (Lipinski definition) is 0. The predicted octanol–water partition coefficient (Wildman–Crippen LogP) is 0.422. The number of hydrogen-bond acceptors (Lipinski definition) is 5. The van der Waals surface area contributed by atoms with Crippen LogP contribution in [0, 0.1) is 17.2 Å². The van der Waals surface area contributed by atoms with Crippen molar-refractivity contribution in [3.8, 4) is 6.07 Å². The Morgan fingerprint density at radius 1 is 1.87 bits per heavy atom. The summed E-state index contributed by atoms with van der Waals surface area (Å²) in [6, 6.07) is 2.17. The normalized spacial score (nSPS) is 21.9. The maximum absolute atomic E-state index is 11.5. The highest BCUT2D eigenvalue weighted by Gasteiger charge is 2.33. The lowest BCUT2D eigenvalue weighted by Gasteiger charge is -2.21. The fourth-order valence-electron chi connectivity index (χ4n) is 1.42. The van der Waals surface area contributed by atoms with Crippen molar-refractivity contribution in [1.82, 2.24) is 4.90 Å². The van der Waals surface area contributed by atoms with Gasteiger partial charge in [0, 0.05) is 13.1 Å². The van der Waals surface area contributed by atoms with E-state index in [0.29, 0.717) is 12.4 Å². The first kappa shape index (κ1) is 11.5. The number of aliphatic imine (C=N–C) groups is 1. The maximum atomic E-state index is 11.5. The van der Waals surface area contributed by atoms with Crippen LogP contribution in [-0.2, 0) is 9.53 Å². The molecule has 5 heteroatoms. The summed E-state index contributed by atoms with van der Waals surface area (Å²) < 4.78 is 4.82. The smallest absolute Gasteiger partial charge is 0.331 e. The molecule has 0 radical (unpaired) electrons. The zero-order valence-corrected chi connectivity index (χ0v) is 9.23. The van der Waals surface area contributed by atoms with Crippen molar-refractivity contribution in [2.24, 2.45) is 10.9 Å². The summed E-state index contributed by atoms with van der Waals surface area (Å²) in [5.41, 5.74) is 0. The van der Waals surface area contributed by atoms with Gasteiger partial charge in [0.25, 0.3) is 0 Å². The molecule has 0 saturated carbocycles. The molecule has 1 rings (SSSR count). The van der Waals surface area contributed by atoms with Crippen LogP contribution in [0.5, 0.6) is 0 Å². The second-order valence-electron chi connectivity index (χ2n) is 3.47. The lowest BCUT2D eigenvalue weighted by molar-refractivity contribution is -0.144. The average Bonchev–Trinajstić information content (AvgIpc) is 2.51. The Kier molecular flexibility index (Phi) is 3.67. The molecule has 1 heterocycles. The second-order valence-corrected chi connectivity index (χ2v) is 3.47. The molecule has 0 fully saturated rings. The topological polar surface area (TPSA) is 65.7 Å². The van der Waals surface area contributed by atoms with Crippen molar-refractivity contribution in [2.75, 3.05) is 20.2 Å². The molecule has 2 atom stereocenters. The molecule has 1 aliphatic rings. The lowest BCUT2D eigenvalue weighted by atomic mass is 10.1. The first-order valence-corrected chi connectivity index (χ1v) is 4.95. The van der Waals surface area contributed by atoms with Crippen molar-refractivity contribution in [3.05, 3.63) is 0 Å². The van der Waals surface area contributed by atoms with Gasteiger partial charge in [-0.25, -0.2) is 0 Å². The molecule has 0 amide bonds. The van der Waals surface area contributed by atoms with E-state index >= 15 is 0 Å².